The van der Waals surface area contributed by atoms with Crippen LogP contribution in [0.2, 0.25) is 0 Å². The number of hydrogen-bond acceptors (Lipinski definition) is 4. The lowest BCUT2D eigenvalue weighted by molar-refractivity contribution is -0.187. The van der Waals surface area contributed by atoms with Gasteiger partial charge in [-0.15, -0.1) is 0 Å². The molecule has 5 nitrogen and oxygen atoms in total. The van der Waals surface area contributed by atoms with Gasteiger partial charge in [0.05, 0.1) is 12.0 Å². The van der Waals surface area contributed by atoms with Crippen LogP contribution in [0.15, 0.2) is 0 Å². The van der Waals surface area contributed by atoms with Gasteiger partial charge in [0.15, 0.2) is 5.11 Å². The molecule has 0 aliphatic heterocycles. The topological polar surface area (TPSA) is 76.4 Å². The molecule has 4 N–H and O–H groups in total. The highest BCUT2D eigenvalue weighted by molar-refractivity contribution is 7.80. The minimum absolute atomic E-state index is 0.0517. The summed E-state index contributed by atoms with van der Waals surface area (Å²) >= 11 is 5.85. The van der Waals surface area contributed by atoms with Crippen molar-refractivity contribution in [2.75, 3.05) is 6.61 Å². The molecule has 6 heteroatoms. The summed E-state index contributed by atoms with van der Waals surface area (Å²) in [6.45, 7) is 9.68. The summed E-state index contributed by atoms with van der Waals surface area (Å²) in [5.74, 6) is 1.18. The first kappa shape index (κ1) is 25.8. The maximum Gasteiger partial charge on any atom is 0.312 e. The molecule has 5 saturated carbocycles. The van der Waals surface area contributed by atoms with Gasteiger partial charge in [0.2, 0.25) is 0 Å². The van der Waals surface area contributed by atoms with Crippen molar-refractivity contribution in [3.05, 3.63) is 0 Å². The van der Waals surface area contributed by atoms with Gasteiger partial charge in [0.1, 0.15) is 0 Å². The smallest absolute Gasteiger partial charge is 0.312 e. The fraction of sp³-hybridized carbons (Fsp3) is 0.931. The molecule has 5 aliphatic rings. The van der Waals surface area contributed by atoms with Crippen LogP contribution in [-0.4, -0.2) is 35.8 Å². The first-order valence-corrected chi connectivity index (χ1v) is 15.0. The number of fused-ring (bicyclic) bond motifs is 3. The zero-order valence-electron chi connectivity index (χ0n) is 22.6. The number of thiocarbonyl (C=S) groups is 1. The van der Waals surface area contributed by atoms with Crippen LogP contribution >= 0.6 is 12.2 Å². The molecule has 0 saturated heterocycles. The van der Waals surface area contributed by atoms with Crippen molar-refractivity contribution < 1.29 is 9.53 Å². The summed E-state index contributed by atoms with van der Waals surface area (Å²) in [5, 5.41) is 8.22. The largest absolute Gasteiger partial charge is 0.466 e. The average molecular weight is 504 g/mol. The van der Waals surface area contributed by atoms with E-state index in [1.54, 1.807) is 0 Å². The number of rotatable bonds is 4. The van der Waals surface area contributed by atoms with Crippen molar-refractivity contribution in [1.29, 1.82) is 0 Å². The first-order chi connectivity index (χ1) is 16.6. The Morgan fingerprint density at radius 1 is 0.971 bits per heavy atom. The van der Waals surface area contributed by atoms with Gasteiger partial charge in [-0.1, -0.05) is 33.1 Å². The molecule has 5 rings (SSSR count). The summed E-state index contributed by atoms with van der Waals surface area (Å²) in [7, 11) is 0. The molecule has 9 atom stereocenters. The fourth-order valence-corrected chi connectivity index (χ4v) is 10.5. The van der Waals surface area contributed by atoms with E-state index in [0.717, 1.165) is 37.2 Å². The van der Waals surface area contributed by atoms with Gasteiger partial charge >= 0.3 is 5.97 Å². The molecule has 0 amide bonds. The van der Waals surface area contributed by atoms with Crippen LogP contribution < -0.4 is 16.4 Å². The molecule has 198 valence electrons. The van der Waals surface area contributed by atoms with E-state index in [1.807, 2.05) is 6.92 Å². The lowest BCUT2D eigenvalue weighted by atomic mass is 9.40. The molecular formula is C29H49N3O2S. The number of carbonyl (C=O) groups excluding carboxylic acids is 1. The lowest BCUT2D eigenvalue weighted by Gasteiger charge is -2.64. The fourth-order valence-electron chi connectivity index (χ4n) is 10.2. The van der Waals surface area contributed by atoms with E-state index in [0.29, 0.717) is 41.4 Å². The highest BCUT2D eigenvalue weighted by Gasteiger charge is 2.68. The summed E-state index contributed by atoms with van der Waals surface area (Å²) < 4.78 is 5.64. The second-order valence-corrected chi connectivity index (χ2v) is 14.2. The van der Waals surface area contributed by atoms with Crippen LogP contribution in [0.4, 0.5) is 0 Å². The monoisotopic (exact) mass is 503 g/mol. The van der Waals surface area contributed by atoms with Crippen LogP contribution in [0.5, 0.6) is 0 Å². The number of ether oxygens (including phenoxy) is 1. The molecule has 1 spiro atoms. The zero-order chi connectivity index (χ0) is 25.1. The van der Waals surface area contributed by atoms with Gasteiger partial charge in [-0.3, -0.25) is 4.79 Å². The Kier molecular flexibility index (Phi) is 6.73. The normalized spacial score (nSPS) is 48.9. The maximum absolute atomic E-state index is 13.2. The number of nitrogens with two attached hydrogens (primary N) is 1. The number of esters is 1. The molecule has 35 heavy (non-hydrogen) atoms. The van der Waals surface area contributed by atoms with Gasteiger partial charge in [-0.25, -0.2) is 0 Å². The van der Waals surface area contributed by atoms with Crippen LogP contribution in [-0.2, 0) is 9.53 Å². The van der Waals surface area contributed by atoms with Crippen LogP contribution in [0.3, 0.4) is 0 Å². The highest BCUT2D eigenvalue weighted by Crippen LogP contribution is 2.73. The molecule has 0 aromatic heterocycles. The summed E-state index contributed by atoms with van der Waals surface area (Å²) in [4.78, 5) is 13.2. The molecule has 0 heterocycles. The van der Waals surface area contributed by atoms with E-state index in [1.165, 1.54) is 51.4 Å². The molecule has 0 aromatic rings. The minimum Gasteiger partial charge on any atom is -0.466 e. The Bertz CT molecular complexity index is 852. The van der Waals surface area contributed by atoms with Crippen LogP contribution in [0.1, 0.15) is 111 Å². The van der Waals surface area contributed by atoms with Crippen molar-refractivity contribution in [1.82, 2.24) is 10.6 Å². The average Bonchev–Trinajstić information content (AvgIpc) is 2.99. The Balaban J connectivity index is 1.33. The van der Waals surface area contributed by atoms with E-state index >= 15 is 0 Å². The quantitative estimate of drug-likeness (QED) is 0.350. The predicted molar refractivity (Wildman–Crippen MR) is 145 cm³/mol. The van der Waals surface area contributed by atoms with Crippen molar-refractivity contribution in [3.8, 4) is 0 Å². The van der Waals surface area contributed by atoms with Gasteiger partial charge in [0.25, 0.3) is 0 Å². The number of carbonyl (C=O) groups is 1. The zero-order valence-corrected chi connectivity index (χ0v) is 23.4. The van der Waals surface area contributed by atoms with E-state index in [9.17, 15) is 4.79 Å². The van der Waals surface area contributed by atoms with E-state index in [4.69, 9.17) is 22.7 Å². The third-order valence-corrected chi connectivity index (χ3v) is 12.1. The van der Waals surface area contributed by atoms with E-state index in [-0.39, 0.29) is 22.8 Å². The number of nitrogens with one attached hydrogen (secondary N) is 2. The second kappa shape index (κ2) is 9.15. The molecular weight excluding hydrogens is 454 g/mol. The summed E-state index contributed by atoms with van der Waals surface area (Å²) in [5.41, 5.74) is 6.95. The van der Waals surface area contributed by atoms with Gasteiger partial charge in [0, 0.05) is 18.1 Å². The maximum atomic E-state index is 13.2. The van der Waals surface area contributed by atoms with Crippen molar-refractivity contribution >= 4 is 23.3 Å². The second-order valence-electron chi connectivity index (χ2n) is 13.8. The number of hydrogen-bond donors (Lipinski definition) is 3. The molecule has 0 radical (unpaired) electrons. The Labute approximate surface area is 218 Å². The Hall–Kier alpha value is -0.880. The van der Waals surface area contributed by atoms with Gasteiger partial charge in [-0.05, 0) is 118 Å². The van der Waals surface area contributed by atoms with Gasteiger partial charge < -0.3 is 21.1 Å². The third kappa shape index (κ3) is 4.13. The van der Waals surface area contributed by atoms with E-state index in [2.05, 4.69) is 31.4 Å². The van der Waals surface area contributed by atoms with Crippen LogP contribution in [0, 0.1) is 33.5 Å². The predicted octanol–water partition coefficient (Wildman–Crippen LogP) is 5.46. The highest BCUT2D eigenvalue weighted by atomic mass is 32.1. The molecule has 2 bridgehead atoms. The first-order valence-electron chi connectivity index (χ1n) is 14.6. The molecule has 0 aromatic carbocycles. The summed E-state index contributed by atoms with van der Waals surface area (Å²) in [6.07, 6.45) is 15.5. The van der Waals surface area contributed by atoms with Crippen LogP contribution in [0.25, 0.3) is 0 Å². The third-order valence-electron chi connectivity index (χ3n) is 11.8. The lowest BCUT2D eigenvalue weighted by Crippen LogP contribution is -2.58. The van der Waals surface area contributed by atoms with Crippen molar-refractivity contribution in [3.63, 3.8) is 0 Å². The standard InChI is InChI=1S/C29H49N3O2S/c1-5-34-24(33)28(4)14-8-13-27(3)21(28)12-16-29-17-23(26(2,18-29)15-11-22(27)29)32-25(35)31-20-10-7-6-9-19(20)30/h19-23H,5-18,30H2,1-4H3,(H2,31,32,35)/t19-,20-,21-,22-,23+,26-,27+,28+,29-/m0/s1. The Morgan fingerprint density at radius 3 is 2.46 bits per heavy atom. The summed E-state index contributed by atoms with van der Waals surface area (Å²) in [6, 6.07) is 0.938. The van der Waals surface area contributed by atoms with Crippen molar-refractivity contribution in [2.24, 2.45) is 39.2 Å². The Morgan fingerprint density at radius 2 is 1.71 bits per heavy atom. The SMILES string of the molecule is CCOC(=O)[C@]1(C)CCC[C@@]2(C)[C@@H]3CC[C@@]4(C)C[C@]3(CC[C@@H]21)C[C@H]4NC(=S)N[C@H]1CCCC[C@@H]1N. The van der Waals surface area contributed by atoms with Crippen molar-refractivity contribution in [2.45, 2.75) is 129 Å². The minimum atomic E-state index is -0.328. The molecule has 5 fully saturated rings. The van der Waals surface area contributed by atoms with Gasteiger partial charge in [-0.2, -0.15) is 0 Å². The molecule has 5 aliphatic carbocycles. The molecule has 0 unspecified atom stereocenters. The van der Waals surface area contributed by atoms with E-state index < -0.39 is 0 Å².